The summed E-state index contributed by atoms with van der Waals surface area (Å²) in [4.78, 5) is 24.3. The number of hydrogen-bond donors (Lipinski definition) is 1. The van der Waals surface area contributed by atoms with E-state index in [4.69, 9.17) is 9.72 Å². The van der Waals surface area contributed by atoms with E-state index in [0.717, 1.165) is 18.1 Å². The van der Waals surface area contributed by atoms with Gasteiger partial charge in [0.1, 0.15) is 17.6 Å². The number of aromatic nitrogens is 6. The second kappa shape index (κ2) is 9.12. The highest BCUT2D eigenvalue weighted by atomic mass is 19.4. The van der Waals surface area contributed by atoms with Crippen molar-refractivity contribution in [1.29, 1.82) is 0 Å². The molecule has 5 rings (SSSR count). The summed E-state index contributed by atoms with van der Waals surface area (Å²) < 4.78 is 47.2. The number of aryl methyl sites for hydroxylation is 4. The summed E-state index contributed by atoms with van der Waals surface area (Å²) in [6.07, 6.45) is 0.934. The topological polar surface area (TPSA) is 103 Å². The molecule has 0 radical (unpaired) electrons. The van der Waals surface area contributed by atoms with Gasteiger partial charge in [-0.05, 0) is 31.4 Å². The Morgan fingerprint density at radius 2 is 2.03 bits per heavy atom. The molecule has 2 atom stereocenters. The van der Waals surface area contributed by atoms with Crippen molar-refractivity contribution in [2.75, 3.05) is 30.5 Å². The predicted molar refractivity (Wildman–Crippen MR) is 128 cm³/mol. The molecule has 10 nitrogen and oxygen atoms in total. The molecule has 2 aliphatic rings. The number of carbonyl (C=O) groups excluding carboxylic acids is 1. The predicted octanol–water partition coefficient (Wildman–Crippen LogP) is 2.75. The Hall–Kier alpha value is -3.48. The maximum atomic E-state index is 13.0. The lowest BCUT2D eigenvalue weighted by Crippen LogP contribution is -2.56. The molecule has 0 aromatic carbocycles. The number of alkyl halides is 3. The number of likely N-dealkylation sites (N-methyl/N-ethyl adjacent to an activating group) is 1. The number of fused-ring (bicyclic) bond motifs is 1. The Balaban J connectivity index is 1.29. The van der Waals surface area contributed by atoms with E-state index in [2.05, 4.69) is 27.4 Å². The van der Waals surface area contributed by atoms with E-state index in [1.165, 1.54) is 11.7 Å². The van der Waals surface area contributed by atoms with Crippen LogP contribution in [-0.4, -0.2) is 61.7 Å². The van der Waals surface area contributed by atoms with E-state index in [1.807, 2.05) is 18.9 Å². The zero-order valence-electron chi connectivity index (χ0n) is 21.1. The molecule has 0 saturated carbocycles. The molecule has 2 aliphatic heterocycles. The molecule has 2 unspecified atom stereocenters. The van der Waals surface area contributed by atoms with Crippen molar-refractivity contribution in [3.8, 4) is 0 Å². The highest BCUT2D eigenvalue weighted by Gasteiger charge is 2.48. The minimum Gasteiger partial charge on any atom is -0.381 e. The zero-order chi connectivity index (χ0) is 26.5. The van der Waals surface area contributed by atoms with Gasteiger partial charge >= 0.3 is 6.18 Å². The van der Waals surface area contributed by atoms with Crippen LogP contribution in [0.25, 0.3) is 0 Å². The third-order valence-corrected chi connectivity index (χ3v) is 7.16. The molecule has 1 fully saturated rings. The molecule has 1 N–H and O–H groups in total. The number of rotatable bonds is 6. The zero-order valence-corrected chi connectivity index (χ0v) is 21.1. The van der Waals surface area contributed by atoms with Gasteiger partial charge in [-0.15, -0.1) is 0 Å². The Kier molecular flexibility index (Phi) is 6.21. The Bertz CT molecular complexity index is 1330. The lowest BCUT2D eigenvalue weighted by Gasteiger charge is -2.42. The van der Waals surface area contributed by atoms with Crippen molar-refractivity contribution in [3.63, 3.8) is 0 Å². The van der Waals surface area contributed by atoms with Crippen LogP contribution in [0.4, 0.5) is 24.7 Å². The summed E-state index contributed by atoms with van der Waals surface area (Å²) in [5.74, 6) is 1.25. The minimum atomic E-state index is -4.49. The number of ether oxygens (including phenoxy) is 1. The van der Waals surface area contributed by atoms with Gasteiger partial charge in [-0.25, -0.2) is 9.97 Å². The monoisotopic (exact) mass is 518 g/mol. The molecular weight excluding hydrogens is 489 g/mol. The van der Waals surface area contributed by atoms with E-state index in [0.29, 0.717) is 54.8 Å². The first-order valence-electron chi connectivity index (χ1n) is 12.0. The van der Waals surface area contributed by atoms with Crippen LogP contribution in [0.3, 0.4) is 0 Å². The van der Waals surface area contributed by atoms with E-state index in [-0.39, 0.29) is 17.9 Å². The van der Waals surface area contributed by atoms with Crippen molar-refractivity contribution in [1.82, 2.24) is 29.5 Å². The normalized spacial score (nSPS) is 21.9. The molecule has 3 aromatic rings. The first kappa shape index (κ1) is 25.2. The molecule has 0 bridgehead atoms. The molecule has 0 spiro atoms. The van der Waals surface area contributed by atoms with Gasteiger partial charge in [-0.2, -0.15) is 23.4 Å². The standard InChI is InChI=1S/C24H29F3N8O2/c1-14-19-21(33(3)20(22(36)31-19)23(2)7-8-37-13-23)30-18(29-14)6-5-15-10-28-35(11-15)12-16-9-17(24(25,26)27)32-34(16)4/h9-11,20H,5-8,12-13H2,1-4H3,(H,31,36). The molecule has 5 heterocycles. The molecule has 0 aliphatic carbocycles. The van der Waals surface area contributed by atoms with Gasteiger partial charge in [0.05, 0.1) is 30.7 Å². The van der Waals surface area contributed by atoms with Crippen LogP contribution >= 0.6 is 0 Å². The van der Waals surface area contributed by atoms with E-state index in [1.54, 1.807) is 17.1 Å². The van der Waals surface area contributed by atoms with Crippen molar-refractivity contribution in [2.45, 2.75) is 51.9 Å². The molecule has 1 saturated heterocycles. The van der Waals surface area contributed by atoms with E-state index >= 15 is 0 Å². The number of nitrogens with zero attached hydrogens (tertiary/aromatic N) is 7. The minimum absolute atomic E-state index is 0.0781. The quantitative estimate of drug-likeness (QED) is 0.535. The van der Waals surface area contributed by atoms with Crippen LogP contribution < -0.4 is 10.2 Å². The van der Waals surface area contributed by atoms with Crippen LogP contribution in [0.5, 0.6) is 0 Å². The fourth-order valence-electron chi connectivity index (χ4n) is 5.14. The smallest absolute Gasteiger partial charge is 0.381 e. The lowest BCUT2D eigenvalue weighted by molar-refractivity contribution is -0.141. The average molecular weight is 519 g/mol. The number of amides is 1. The summed E-state index contributed by atoms with van der Waals surface area (Å²) in [6, 6.07) is 0.638. The van der Waals surface area contributed by atoms with Gasteiger partial charge in [-0.1, -0.05) is 6.92 Å². The Morgan fingerprint density at radius 1 is 1.24 bits per heavy atom. The number of carbonyl (C=O) groups is 1. The molecular formula is C24H29F3N8O2. The van der Waals surface area contributed by atoms with Crippen LogP contribution in [0.1, 0.15) is 41.8 Å². The highest BCUT2D eigenvalue weighted by Crippen LogP contribution is 2.41. The number of hydrogen-bond acceptors (Lipinski definition) is 7. The Morgan fingerprint density at radius 3 is 2.70 bits per heavy atom. The first-order valence-corrected chi connectivity index (χ1v) is 12.0. The van der Waals surface area contributed by atoms with Crippen molar-refractivity contribution < 1.29 is 22.7 Å². The molecule has 13 heteroatoms. The van der Waals surface area contributed by atoms with Crippen LogP contribution in [0, 0.1) is 12.3 Å². The highest BCUT2D eigenvalue weighted by molar-refractivity contribution is 6.03. The first-order chi connectivity index (χ1) is 17.4. The lowest BCUT2D eigenvalue weighted by atomic mass is 9.79. The maximum absolute atomic E-state index is 13.0. The molecule has 1 amide bonds. The third kappa shape index (κ3) is 4.79. The maximum Gasteiger partial charge on any atom is 0.435 e. The average Bonchev–Trinajstić information content (AvgIpc) is 3.54. The third-order valence-electron chi connectivity index (χ3n) is 7.16. The van der Waals surface area contributed by atoms with Gasteiger partial charge in [-0.3, -0.25) is 14.2 Å². The van der Waals surface area contributed by atoms with Crippen molar-refractivity contribution in [3.05, 3.63) is 46.9 Å². The second-order valence-electron chi connectivity index (χ2n) is 10.1. The van der Waals surface area contributed by atoms with Crippen molar-refractivity contribution >= 4 is 17.4 Å². The fraction of sp³-hybridized carbons (Fsp3) is 0.542. The summed E-state index contributed by atoms with van der Waals surface area (Å²) in [6.45, 7) is 5.23. The molecule has 37 heavy (non-hydrogen) atoms. The number of halogens is 3. The van der Waals surface area contributed by atoms with Gasteiger partial charge < -0.3 is 15.0 Å². The van der Waals surface area contributed by atoms with Gasteiger partial charge in [0, 0.05) is 38.7 Å². The van der Waals surface area contributed by atoms with Gasteiger partial charge in [0.2, 0.25) is 5.91 Å². The van der Waals surface area contributed by atoms with Gasteiger partial charge in [0.25, 0.3) is 0 Å². The van der Waals surface area contributed by atoms with E-state index in [9.17, 15) is 18.0 Å². The van der Waals surface area contributed by atoms with Gasteiger partial charge in [0.15, 0.2) is 11.5 Å². The summed E-state index contributed by atoms with van der Waals surface area (Å²) in [5, 5.41) is 10.8. The molecule has 3 aromatic heterocycles. The largest absolute Gasteiger partial charge is 0.435 e. The number of anilines is 2. The molecule has 198 valence electrons. The Labute approximate surface area is 211 Å². The second-order valence-corrected chi connectivity index (χ2v) is 10.1. The fourth-order valence-corrected chi connectivity index (χ4v) is 5.14. The summed E-state index contributed by atoms with van der Waals surface area (Å²) in [7, 11) is 3.36. The summed E-state index contributed by atoms with van der Waals surface area (Å²) in [5.41, 5.74) is 1.40. The SMILES string of the molecule is Cc1nc(CCc2cnn(Cc3cc(C(F)(F)F)nn3C)c2)nc2c1NC(=O)C(C1(C)CCOC1)N2C. The van der Waals surface area contributed by atoms with Crippen LogP contribution in [0.2, 0.25) is 0 Å². The van der Waals surface area contributed by atoms with Crippen LogP contribution in [0.15, 0.2) is 18.5 Å². The van der Waals surface area contributed by atoms with E-state index < -0.39 is 17.9 Å². The van der Waals surface area contributed by atoms with Crippen molar-refractivity contribution in [2.24, 2.45) is 12.5 Å². The summed E-state index contributed by atoms with van der Waals surface area (Å²) >= 11 is 0. The number of nitrogens with one attached hydrogen (secondary N) is 1. The van der Waals surface area contributed by atoms with Crippen LogP contribution in [-0.2, 0) is 42.1 Å².